The third kappa shape index (κ3) is 3.93. The third-order valence-corrected chi connectivity index (χ3v) is 3.62. The maximum atomic E-state index is 4.47. The van der Waals surface area contributed by atoms with E-state index >= 15 is 0 Å². The normalized spacial score (nSPS) is 12.8. The standard InChI is InChI=1S/C15H20N2S/c1-12(2)9-15(14-5-3-4-7-16-14)17-10-13-6-8-18-11-13/h3-8,11-12,15,17H,9-10H2,1-2H3/t15-/m1/s1. The molecule has 2 aromatic rings. The molecule has 18 heavy (non-hydrogen) atoms. The van der Waals surface area contributed by atoms with Crippen molar-refractivity contribution in [3.8, 4) is 0 Å². The van der Waals surface area contributed by atoms with Gasteiger partial charge in [0.2, 0.25) is 0 Å². The third-order valence-electron chi connectivity index (χ3n) is 2.88. The van der Waals surface area contributed by atoms with Crippen molar-refractivity contribution >= 4 is 11.3 Å². The van der Waals surface area contributed by atoms with E-state index in [1.54, 1.807) is 11.3 Å². The van der Waals surface area contributed by atoms with Gasteiger partial charge >= 0.3 is 0 Å². The van der Waals surface area contributed by atoms with E-state index in [0.29, 0.717) is 12.0 Å². The average molecular weight is 260 g/mol. The van der Waals surface area contributed by atoms with E-state index in [2.05, 4.69) is 53.1 Å². The van der Waals surface area contributed by atoms with Gasteiger partial charge in [-0.15, -0.1) is 0 Å². The number of hydrogen-bond acceptors (Lipinski definition) is 3. The summed E-state index contributed by atoms with van der Waals surface area (Å²) in [4.78, 5) is 4.47. The van der Waals surface area contributed by atoms with Crippen molar-refractivity contribution in [1.29, 1.82) is 0 Å². The summed E-state index contributed by atoms with van der Waals surface area (Å²) in [7, 11) is 0. The quantitative estimate of drug-likeness (QED) is 0.848. The zero-order valence-corrected chi connectivity index (χ0v) is 11.8. The highest BCUT2D eigenvalue weighted by Crippen LogP contribution is 2.20. The van der Waals surface area contributed by atoms with Gasteiger partial charge in [0, 0.05) is 18.8 Å². The molecule has 0 spiro atoms. The Morgan fingerprint density at radius 1 is 1.28 bits per heavy atom. The van der Waals surface area contributed by atoms with Crippen LogP contribution in [0.2, 0.25) is 0 Å². The minimum absolute atomic E-state index is 0.339. The minimum atomic E-state index is 0.339. The largest absolute Gasteiger partial charge is 0.304 e. The first kappa shape index (κ1) is 13.2. The van der Waals surface area contributed by atoms with E-state index in [9.17, 15) is 0 Å². The van der Waals surface area contributed by atoms with E-state index < -0.39 is 0 Å². The van der Waals surface area contributed by atoms with Crippen LogP contribution in [0.5, 0.6) is 0 Å². The Bertz CT molecular complexity index is 437. The fraction of sp³-hybridized carbons (Fsp3) is 0.400. The van der Waals surface area contributed by atoms with E-state index in [-0.39, 0.29) is 0 Å². The van der Waals surface area contributed by atoms with Crippen LogP contribution in [-0.4, -0.2) is 4.98 Å². The average Bonchev–Trinajstić information content (AvgIpc) is 2.88. The summed E-state index contributed by atoms with van der Waals surface area (Å²) in [6, 6.07) is 8.64. The predicted octanol–water partition coefficient (Wildman–Crippen LogP) is 4.02. The molecule has 1 atom stereocenters. The van der Waals surface area contributed by atoms with Gasteiger partial charge in [-0.25, -0.2) is 0 Å². The molecule has 2 rings (SSSR count). The Labute approximate surface area is 113 Å². The lowest BCUT2D eigenvalue weighted by molar-refractivity contribution is 0.421. The van der Waals surface area contributed by atoms with Gasteiger partial charge in [-0.3, -0.25) is 4.98 Å². The molecule has 0 aliphatic rings. The first-order chi connectivity index (χ1) is 8.75. The monoisotopic (exact) mass is 260 g/mol. The van der Waals surface area contributed by atoms with Crippen LogP contribution in [0.1, 0.15) is 37.6 Å². The molecule has 0 fully saturated rings. The van der Waals surface area contributed by atoms with Crippen molar-refractivity contribution in [2.24, 2.45) is 5.92 Å². The van der Waals surface area contributed by atoms with Crippen LogP contribution in [0.25, 0.3) is 0 Å². The highest BCUT2D eigenvalue weighted by Gasteiger charge is 2.13. The summed E-state index contributed by atoms with van der Waals surface area (Å²) in [6.07, 6.45) is 2.98. The molecule has 0 bridgehead atoms. The van der Waals surface area contributed by atoms with Gasteiger partial charge < -0.3 is 5.32 Å². The Balaban J connectivity index is 2.01. The molecule has 0 aliphatic carbocycles. The summed E-state index contributed by atoms with van der Waals surface area (Å²) in [6.45, 7) is 5.42. The summed E-state index contributed by atoms with van der Waals surface area (Å²) >= 11 is 1.75. The molecule has 0 saturated heterocycles. The van der Waals surface area contributed by atoms with Crippen molar-refractivity contribution in [3.63, 3.8) is 0 Å². The molecule has 3 heteroatoms. The fourth-order valence-corrected chi connectivity index (χ4v) is 2.67. The molecule has 2 aromatic heterocycles. The molecule has 0 aliphatic heterocycles. The van der Waals surface area contributed by atoms with Crippen LogP contribution >= 0.6 is 11.3 Å². The second kappa shape index (κ2) is 6.66. The molecular weight excluding hydrogens is 240 g/mol. The van der Waals surface area contributed by atoms with Crippen LogP contribution in [-0.2, 0) is 6.54 Å². The zero-order chi connectivity index (χ0) is 12.8. The first-order valence-corrected chi connectivity index (χ1v) is 7.35. The maximum absolute atomic E-state index is 4.47. The van der Waals surface area contributed by atoms with Gasteiger partial charge in [-0.2, -0.15) is 11.3 Å². The van der Waals surface area contributed by atoms with Crippen LogP contribution < -0.4 is 5.32 Å². The second-order valence-corrected chi connectivity index (χ2v) is 5.73. The lowest BCUT2D eigenvalue weighted by atomic mass is 10.0. The highest BCUT2D eigenvalue weighted by molar-refractivity contribution is 7.07. The molecule has 0 radical (unpaired) electrons. The smallest absolute Gasteiger partial charge is 0.0573 e. The Morgan fingerprint density at radius 3 is 2.78 bits per heavy atom. The molecule has 0 amide bonds. The number of pyridine rings is 1. The zero-order valence-electron chi connectivity index (χ0n) is 11.0. The van der Waals surface area contributed by atoms with E-state index in [4.69, 9.17) is 0 Å². The first-order valence-electron chi connectivity index (χ1n) is 6.41. The SMILES string of the molecule is CC(C)C[C@@H](NCc1ccsc1)c1ccccn1. The molecule has 2 heterocycles. The lowest BCUT2D eigenvalue weighted by Gasteiger charge is -2.20. The van der Waals surface area contributed by atoms with Gasteiger partial charge in [-0.05, 0) is 46.9 Å². The molecule has 1 N–H and O–H groups in total. The van der Waals surface area contributed by atoms with Crippen LogP contribution in [0.15, 0.2) is 41.2 Å². The summed E-state index contributed by atoms with van der Waals surface area (Å²) in [5, 5.41) is 7.93. The predicted molar refractivity (Wildman–Crippen MR) is 77.6 cm³/mol. The van der Waals surface area contributed by atoms with Crippen molar-refractivity contribution in [1.82, 2.24) is 10.3 Å². The highest BCUT2D eigenvalue weighted by atomic mass is 32.1. The lowest BCUT2D eigenvalue weighted by Crippen LogP contribution is -2.23. The van der Waals surface area contributed by atoms with Crippen molar-refractivity contribution in [2.75, 3.05) is 0 Å². The number of nitrogens with zero attached hydrogens (tertiary/aromatic N) is 1. The fourth-order valence-electron chi connectivity index (χ4n) is 2.00. The number of nitrogens with one attached hydrogen (secondary N) is 1. The van der Waals surface area contributed by atoms with Gasteiger partial charge in [0.1, 0.15) is 0 Å². The molecule has 2 nitrogen and oxygen atoms in total. The molecule has 0 aromatic carbocycles. The maximum Gasteiger partial charge on any atom is 0.0573 e. The van der Waals surface area contributed by atoms with Gasteiger partial charge in [-0.1, -0.05) is 19.9 Å². The number of rotatable bonds is 6. The van der Waals surface area contributed by atoms with E-state index in [0.717, 1.165) is 18.7 Å². The summed E-state index contributed by atoms with van der Waals surface area (Å²) in [5.74, 6) is 0.659. The summed E-state index contributed by atoms with van der Waals surface area (Å²) < 4.78 is 0. The van der Waals surface area contributed by atoms with Crippen molar-refractivity contribution in [3.05, 3.63) is 52.5 Å². The Morgan fingerprint density at radius 2 is 2.17 bits per heavy atom. The van der Waals surface area contributed by atoms with E-state index in [1.807, 2.05) is 12.3 Å². The molecule has 0 saturated carbocycles. The number of hydrogen-bond donors (Lipinski definition) is 1. The van der Waals surface area contributed by atoms with Gasteiger partial charge in [0.05, 0.1) is 5.69 Å². The number of thiophene rings is 1. The van der Waals surface area contributed by atoms with Crippen LogP contribution in [0, 0.1) is 5.92 Å². The molecule has 0 unspecified atom stereocenters. The van der Waals surface area contributed by atoms with Crippen LogP contribution in [0.3, 0.4) is 0 Å². The summed E-state index contributed by atoms with van der Waals surface area (Å²) in [5.41, 5.74) is 2.49. The Hall–Kier alpha value is -1.19. The topological polar surface area (TPSA) is 24.9 Å². The Kier molecular flexibility index (Phi) is 4.90. The second-order valence-electron chi connectivity index (χ2n) is 4.95. The molecular formula is C15H20N2S. The molecule has 96 valence electrons. The van der Waals surface area contributed by atoms with Gasteiger partial charge in [0.15, 0.2) is 0 Å². The van der Waals surface area contributed by atoms with Crippen molar-refractivity contribution in [2.45, 2.75) is 32.9 Å². The number of aromatic nitrogens is 1. The van der Waals surface area contributed by atoms with Gasteiger partial charge in [0.25, 0.3) is 0 Å². The van der Waals surface area contributed by atoms with Crippen molar-refractivity contribution < 1.29 is 0 Å². The van der Waals surface area contributed by atoms with Crippen LogP contribution in [0.4, 0.5) is 0 Å². The minimum Gasteiger partial charge on any atom is -0.304 e. The van der Waals surface area contributed by atoms with E-state index in [1.165, 1.54) is 5.56 Å².